The van der Waals surface area contributed by atoms with Gasteiger partial charge in [-0.1, -0.05) is 0 Å². The fraction of sp³-hybridized carbons (Fsp3) is 0. The maximum atomic E-state index is 12.9. The first-order chi connectivity index (χ1) is 8.56. The second-order valence-electron chi connectivity index (χ2n) is 3.37. The van der Waals surface area contributed by atoms with Gasteiger partial charge in [0.15, 0.2) is 11.6 Å². The molecule has 0 aliphatic rings. The highest BCUT2D eigenvalue weighted by Crippen LogP contribution is 2.10. The minimum atomic E-state index is -1.12. The summed E-state index contributed by atoms with van der Waals surface area (Å²) in [6.45, 7) is 0. The zero-order chi connectivity index (χ0) is 13.1. The molecule has 2 N–H and O–H groups in total. The summed E-state index contributed by atoms with van der Waals surface area (Å²) in [6.07, 6.45) is 1.21. The molecule has 1 heterocycles. The summed E-state index contributed by atoms with van der Waals surface area (Å²) >= 11 is 0. The number of nitrogens with zero attached hydrogens (tertiary/aromatic N) is 1. The minimum absolute atomic E-state index is 0.0634. The lowest BCUT2D eigenvalue weighted by atomic mass is 10.2. The summed E-state index contributed by atoms with van der Waals surface area (Å²) in [6, 6.07) is 4.11. The molecule has 18 heavy (non-hydrogen) atoms. The van der Waals surface area contributed by atoms with E-state index in [-0.39, 0.29) is 11.4 Å². The summed E-state index contributed by atoms with van der Waals surface area (Å²) < 4.78 is 25.6. The molecule has 0 saturated carbocycles. The average molecular weight is 251 g/mol. The van der Waals surface area contributed by atoms with Gasteiger partial charge in [-0.2, -0.15) is 0 Å². The highest BCUT2D eigenvalue weighted by atomic mass is 19.2. The number of halogens is 2. The van der Waals surface area contributed by atoms with Crippen molar-refractivity contribution >= 4 is 11.7 Å². The Bertz CT molecular complexity index is 655. The van der Waals surface area contributed by atoms with Crippen molar-refractivity contribution in [3.63, 3.8) is 0 Å². The van der Waals surface area contributed by atoms with Crippen molar-refractivity contribution in [1.82, 2.24) is 9.97 Å². The number of aromatic nitrogens is 2. The predicted molar refractivity (Wildman–Crippen MR) is 59.2 cm³/mol. The zero-order valence-corrected chi connectivity index (χ0v) is 8.91. The van der Waals surface area contributed by atoms with E-state index in [0.717, 1.165) is 18.2 Å². The van der Waals surface area contributed by atoms with Gasteiger partial charge >= 0.3 is 5.69 Å². The third-order valence-corrected chi connectivity index (χ3v) is 2.10. The number of rotatable bonds is 2. The van der Waals surface area contributed by atoms with E-state index in [1.807, 2.05) is 0 Å². The van der Waals surface area contributed by atoms with Gasteiger partial charge in [0, 0.05) is 11.8 Å². The van der Waals surface area contributed by atoms with Crippen LogP contribution >= 0.6 is 0 Å². The molecular formula is C11H7F2N3O2. The molecule has 1 aromatic carbocycles. The van der Waals surface area contributed by atoms with E-state index in [9.17, 15) is 18.4 Å². The van der Waals surface area contributed by atoms with E-state index in [2.05, 4.69) is 15.3 Å². The minimum Gasteiger partial charge on any atom is -0.308 e. The highest BCUT2D eigenvalue weighted by Gasteiger charge is 2.10. The van der Waals surface area contributed by atoms with Crippen molar-refractivity contribution in [2.45, 2.75) is 0 Å². The van der Waals surface area contributed by atoms with Gasteiger partial charge in [0.1, 0.15) is 5.82 Å². The van der Waals surface area contributed by atoms with Gasteiger partial charge in [-0.15, -0.1) is 0 Å². The molecule has 0 radical (unpaired) electrons. The zero-order valence-electron chi connectivity index (χ0n) is 8.91. The van der Waals surface area contributed by atoms with Crippen molar-refractivity contribution in [1.29, 1.82) is 0 Å². The van der Waals surface area contributed by atoms with Gasteiger partial charge in [0.2, 0.25) is 0 Å². The van der Waals surface area contributed by atoms with Crippen molar-refractivity contribution in [2.24, 2.45) is 0 Å². The summed E-state index contributed by atoms with van der Waals surface area (Å²) in [5.41, 5.74) is -0.690. The first-order valence-corrected chi connectivity index (χ1v) is 4.88. The molecule has 92 valence electrons. The van der Waals surface area contributed by atoms with Gasteiger partial charge in [-0.3, -0.25) is 9.78 Å². The van der Waals surface area contributed by atoms with Crippen LogP contribution in [0, 0.1) is 11.6 Å². The monoisotopic (exact) mass is 251 g/mol. The lowest BCUT2D eigenvalue weighted by Crippen LogP contribution is -2.17. The third-order valence-electron chi connectivity index (χ3n) is 2.10. The van der Waals surface area contributed by atoms with E-state index >= 15 is 0 Å². The number of anilines is 1. The SMILES string of the molecule is O=C(Nc1ccnc(=O)[nH]1)c1ccc(F)c(F)c1. The second-order valence-corrected chi connectivity index (χ2v) is 3.37. The Kier molecular flexibility index (Phi) is 3.13. The summed E-state index contributed by atoms with van der Waals surface area (Å²) in [5.74, 6) is -2.71. The maximum absolute atomic E-state index is 12.9. The Morgan fingerprint density at radius 3 is 2.67 bits per heavy atom. The number of hydrogen-bond donors (Lipinski definition) is 2. The largest absolute Gasteiger partial charge is 0.346 e. The number of amides is 1. The van der Waals surface area contributed by atoms with Crippen molar-refractivity contribution < 1.29 is 13.6 Å². The number of aromatic amines is 1. The van der Waals surface area contributed by atoms with E-state index in [1.54, 1.807) is 0 Å². The van der Waals surface area contributed by atoms with Crippen molar-refractivity contribution in [2.75, 3.05) is 5.32 Å². The first kappa shape index (κ1) is 11.9. The Morgan fingerprint density at radius 2 is 2.00 bits per heavy atom. The van der Waals surface area contributed by atoms with Crippen molar-refractivity contribution in [3.05, 3.63) is 58.1 Å². The molecule has 1 aromatic heterocycles. The second kappa shape index (κ2) is 4.74. The van der Waals surface area contributed by atoms with Crippen LogP contribution in [0.5, 0.6) is 0 Å². The number of carbonyl (C=O) groups excluding carboxylic acids is 1. The molecule has 7 heteroatoms. The average Bonchev–Trinajstić information content (AvgIpc) is 2.32. The molecule has 0 bridgehead atoms. The van der Waals surface area contributed by atoms with Crippen LogP contribution in [-0.4, -0.2) is 15.9 Å². The number of H-pyrrole nitrogens is 1. The number of carbonyl (C=O) groups is 1. The molecule has 5 nitrogen and oxygen atoms in total. The van der Waals surface area contributed by atoms with Crippen LogP contribution in [-0.2, 0) is 0 Å². The van der Waals surface area contributed by atoms with Crippen LogP contribution in [0.15, 0.2) is 35.3 Å². The van der Waals surface area contributed by atoms with Crippen LogP contribution in [0.4, 0.5) is 14.6 Å². The molecule has 0 fully saturated rings. The van der Waals surface area contributed by atoms with Crippen LogP contribution in [0.3, 0.4) is 0 Å². The molecule has 2 rings (SSSR count). The predicted octanol–water partition coefficient (Wildman–Crippen LogP) is 1.30. The van der Waals surface area contributed by atoms with E-state index in [1.165, 1.54) is 12.3 Å². The molecule has 1 amide bonds. The highest BCUT2D eigenvalue weighted by molar-refractivity contribution is 6.03. The van der Waals surface area contributed by atoms with E-state index < -0.39 is 23.2 Å². The normalized spacial score (nSPS) is 10.1. The van der Waals surface area contributed by atoms with E-state index in [4.69, 9.17) is 0 Å². The van der Waals surface area contributed by atoms with E-state index in [0.29, 0.717) is 0 Å². The molecule has 0 saturated heterocycles. The molecule has 0 aliphatic heterocycles. The fourth-order valence-corrected chi connectivity index (χ4v) is 1.27. The summed E-state index contributed by atoms with van der Waals surface area (Å²) in [7, 11) is 0. The van der Waals surface area contributed by atoms with Crippen LogP contribution in [0.2, 0.25) is 0 Å². The molecule has 0 atom stereocenters. The molecule has 0 unspecified atom stereocenters. The topological polar surface area (TPSA) is 74.8 Å². The Hall–Kier alpha value is -2.57. The molecule has 2 aromatic rings. The van der Waals surface area contributed by atoms with Gasteiger partial charge in [-0.05, 0) is 24.3 Å². The molecule has 0 aliphatic carbocycles. The van der Waals surface area contributed by atoms with Crippen molar-refractivity contribution in [3.8, 4) is 0 Å². The number of hydrogen-bond acceptors (Lipinski definition) is 3. The van der Waals surface area contributed by atoms with Gasteiger partial charge in [-0.25, -0.2) is 18.6 Å². The van der Waals surface area contributed by atoms with Gasteiger partial charge < -0.3 is 5.32 Å². The quantitative estimate of drug-likeness (QED) is 0.844. The Morgan fingerprint density at radius 1 is 1.22 bits per heavy atom. The Balaban J connectivity index is 2.22. The fourth-order valence-electron chi connectivity index (χ4n) is 1.27. The number of benzene rings is 1. The summed E-state index contributed by atoms with van der Waals surface area (Å²) in [4.78, 5) is 28.2. The van der Waals surface area contributed by atoms with Crippen LogP contribution in [0.25, 0.3) is 0 Å². The standard InChI is InChI=1S/C11H7F2N3O2/c12-7-2-1-6(5-8(7)13)10(17)15-9-3-4-14-11(18)16-9/h1-5H,(H2,14,15,16,17,18). The van der Waals surface area contributed by atoms with Gasteiger partial charge in [0.05, 0.1) is 0 Å². The van der Waals surface area contributed by atoms with Crippen LogP contribution in [0.1, 0.15) is 10.4 Å². The van der Waals surface area contributed by atoms with Crippen LogP contribution < -0.4 is 11.0 Å². The molecule has 0 spiro atoms. The molecular weight excluding hydrogens is 244 g/mol. The third kappa shape index (κ3) is 2.57. The lowest BCUT2D eigenvalue weighted by molar-refractivity contribution is 0.102. The smallest absolute Gasteiger partial charge is 0.308 e. The lowest BCUT2D eigenvalue weighted by Gasteiger charge is -2.04. The number of nitrogens with one attached hydrogen (secondary N) is 2. The maximum Gasteiger partial charge on any atom is 0.346 e. The first-order valence-electron chi connectivity index (χ1n) is 4.88. The summed E-state index contributed by atoms with van der Waals surface area (Å²) in [5, 5.41) is 2.32. The van der Waals surface area contributed by atoms with Gasteiger partial charge in [0.25, 0.3) is 5.91 Å². The Labute approximate surface area is 99.5 Å².